The summed E-state index contributed by atoms with van der Waals surface area (Å²) < 4.78 is 67.0. The van der Waals surface area contributed by atoms with Gasteiger partial charge in [-0.25, -0.2) is 13.1 Å². The molecule has 30 heavy (non-hydrogen) atoms. The summed E-state index contributed by atoms with van der Waals surface area (Å²) in [6, 6.07) is 12.4. The van der Waals surface area contributed by atoms with Gasteiger partial charge in [0.05, 0.1) is 21.0 Å². The fourth-order valence-electron chi connectivity index (χ4n) is 2.98. The van der Waals surface area contributed by atoms with E-state index in [1.165, 1.54) is 6.20 Å². The zero-order valence-electron chi connectivity index (χ0n) is 16.0. The first-order valence-corrected chi connectivity index (χ1v) is 10.7. The van der Waals surface area contributed by atoms with E-state index in [-0.39, 0.29) is 0 Å². The van der Waals surface area contributed by atoms with E-state index < -0.39 is 32.2 Å². The average molecular weight is 455 g/mol. The lowest BCUT2D eigenvalue weighted by molar-refractivity contribution is -0.137. The maximum atomic E-state index is 13.0. The maximum absolute atomic E-state index is 13.0. The molecular formula is C21H18ClF3N2O2S. The van der Waals surface area contributed by atoms with Gasteiger partial charge >= 0.3 is 6.18 Å². The second kappa shape index (κ2) is 8.02. The third-order valence-electron chi connectivity index (χ3n) is 4.53. The molecule has 158 valence electrons. The molecule has 0 aliphatic carbocycles. The number of hydrogen-bond donors (Lipinski definition) is 1. The standard InChI is InChI=1S/C21H18ClF3N2O2S/c1-20(2,15-6-3-5-14(11-15)18-9-10-26-13-19(18)22)27-30(28,29)17-8-4-7-16(12-17)21(23,24)25/h3-13,27H,1-2H3. The van der Waals surface area contributed by atoms with E-state index in [0.717, 1.165) is 29.3 Å². The number of aromatic nitrogens is 1. The smallest absolute Gasteiger partial charge is 0.263 e. The number of halogens is 4. The van der Waals surface area contributed by atoms with E-state index >= 15 is 0 Å². The van der Waals surface area contributed by atoms with Crippen LogP contribution in [-0.4, -0.2) is 13.4 Å². The van der Waals surface area contributed by atoms with Crippen LogP contribution in [0.1, 0.15) is 25.0 Å². The molecule has 1 aromatic heterocycles. The molecule has 0 atom stereocenters. The third-order valence-corrected chi connectivity index (χ3v) is 6.48. The molecule has 1 N–H and O–H groups in total. The van der Waals surface area contributed by atoms with Gasteiger partial charge in [-0.05, 0) is 55.3 Å². The molecule has 0 bridgehead atoms. The summed E-state index contributed by atoms with van der Waals surface area (Å²) in [6.45, 7) is 3.26. The van der Waals surface area contributed by atoms with Crippen LogP contribution in [0.25, 0.3) is 11.1 Å². The first-order chi connectivity index (χ1) is 13.9. The Kier molecular flexibility index (Phi) is 5.95. The van der Waals surface area contributed by atoms with Crippen molar-refractivity contribution in [3.63, 3.8) is 0 Å². The highest BCUT2D eigenvalue weighted by Gasteiger charge is 2.33. The fraction of sp³-hybridized carbons (Fsp3) is 0.190. The van der Waals surface area contributed by atoms with Crippen molar-refractivity contribution < 1.29 is 21.6 Å². The van der Waals surface area contributed by atoms with Gasteiger partial charge in [0.1, 0.15) is 0 Å². The van der Waals surface area contributed by atoms with E-state index in [0.29, 0.717) is 16.7 Å². The Hall–Kier alpha value is -2.42. The first kappa shape index (κ1) is 22.3. The topological polar surface area (TPSA) is 59.1 Å². The SMILES string of the molecule is CC(C)(NS(=O)(=O)c1cccc(C(F)(F)F)c1)c1cccc(-c2ccncc2Cl)c1. The van der Waals surface area contributed by atoms with Crippen LogP contribution in [0.4, 0.5) is 13.2 Å². The molecule has 4 nitrogen and oxygen atoms in total. The van der Waals surface area contributed by atoms with E-state index in [1.54, 1.807) is 44.3 Å². The van der Waals surface area contributed by atoms with Crippen LogP contribution < -0.4 is 4.72 Å². The van der Waals surface area contributed by atoms with Crippen LogP contribution >= 0.6 is 11.6 Å². The number of sulfonamides is 1. The predicted molar refractivity (Wildman–Crippen MR) is 109 cm³/mol. The molecule has 0 aliphatic rings. The lowest BCUT2D eigenvalue weighted by atomic mass is 9.92. The van der Waals surface area contributed by atoms with Gasteiger partial charge in [0.15, 0.2) is 0 Å². The summed E-state index contributed by atoms with van der Waals surface area (Å²) in [5.74, 6) is 0. The van der Waals surface area contributed by atoms with Gasteiger partial charge in [0, 0.05) is 18.0 Å². The van der Waals surface area contributed by atoms with Crippen molar-refractivity contribution in [1.82, 2.24) is 9.71 Å². The number of nitrogens with zero attached hydrogens (tertiary/aromatic N) is 1. The maximum Gasteiger partial charge on any atom is 0.416 e. The van der Waals surface area contributed by atoms with Crippen molar-refractivity contribution in [3.05, 3.63) is 83.1 Å². The van der Waals surface area contributed by atoms with Gasteiger partial charge in [-0.1, -0.05) is 35.9 Å². The highest BCUT2D eigenvalue weighted by molar-refractivity contribution is 7.89. The molecule has 0 radical (unpaired) electrons. The number of hydrogen-bond acceptors (Lipinski definition) is 3. The molecule has 3 rings (SSSR count). The van der Waals surface area contributed by atoms with Gasteiger partial charge in [-0.15, -0.1) is 0 Å². The largest absolute Gasteiger partial charge is 0.416 e. The van der Waals surface area contributed by atoms with Crippen molar-refractivity contribution >= 4 is 21.6 Å². The number of benzene rings is 2. The minimum Gasteiger partial charge on any atom is -0.263 e. The van der Waals surface area contributed by atoms with E-state index in [2.05, 4.69) is 9.71 Å². The van der Waals surface area contributed by atoms with E-state index in [9.17, 15) is 21.6 Å². The summed E-state index contributed by atoms with van der Waals surface area (Å²) in [4.78, 5) is 3.48. The minimum absolute atomic E-state index is 0.442. The number of rotatable bonds is 5. The van der Waals surface area contributed by atoms with Crippen molar-refractivity contribution in [3.8, 4) is 11.1 Å². The van der Waals surface area contributed by atoms with Crippen molar-refractivity contribution in [2.24, 2.45) is 0 Å². The zero-order chi connectivity index (χ0) is 22.2. The molecule has 0 spiro atoms. The number of pyridine rings is 1. The van der Waals surface area contributed by atoms with Gasteiger partial charge in [0.2, 0.25) is 10.0 Å². The van der Waals surface area contributed by atoms with Crippen LogP contribution in [0, 0.1) is 0 Å². The Morgan fingerprint density at radius 3 is 2.30 bits per heavy atom. The van der Waals surface area contributed by atoms with E-state index in [1.807, 2.05) is 6.07 Å². The molecule has 0 saturated carbocycles. The van der Waals surface area contributed by atoms with Crippen LogP contribution in [0.15, 0.2) is 71.9 Å². The molecule has 2 aromatic carbocycles. The minimum atomic E-state index is -4.64. The number of alkyl halides is 3. The molecule has 3 aromatic rings. The van der Waals surface area contributed by atoms with Crippen molar-refractivity contribution in [2.75, 3.05) is 0 Å². The predicted octanol–water partition coefficient (Wildman–Crippen LogP) is 5.63. The Labute approximate surface area is 177 Å². The third kappa shape index (κ3) is 4.83. The Morgan fingerprint density at radius 1 is 0.967 bits per heavy atom. The second-order valence-corrected chi connectivity index (χ2v) is 9.28. The fourth-order valence-corrected chi connectivity index (χ4v) is 4.65. The van der Waals surface area contributed by atoms with Crippen LogP contribution in [0.3, 0.4) is 0 Å². The Morgan fingerprint density at radius 2 is 1.63 bits per heavy atom. The highest BCUT2D eigenvalue weighted by atomic mass is 35.5. The lowest BCUT2D eigenvalue weighted by Crippen LogP contribution is -2.41. The van der Waals surface area contributed by atoms with Gasteiger partial charge in [0.25, 0.3) is 0 Å². The molecule has 0 unspecified atom stereocenters. The van der Waals surface area contributed by atoms with Crippen LogP contribution in [0.5, 0.6) is 0 Å². The molecule has 1 heterocycles. The van der Waals surface area contributed by atoms with Crippen LogP contribution in [0.2, 0.25) is 5.02 Å². The summed E-state index contributed by atoms with van der Waals surface area (Å²) >= 11 is 6.20. The lowest BCUT2D eigenvalue weighted by Gasteiger charge is -2.27. The summed E-state index contributed by atoms with van der Waals surface area (Å²) in [5.41, 5.74) is -0.0417. The summed E-state index contributed by atoms with van der Waals surface area (Å²) in [7, 11) is -4.22. The van der Waals surface area contributed by atoms with Gasteiger partial charge < -0.3 is 0 Å². The molecular weight excluding hydrogens is 437 g/mol. The van der Waals surface area contributed by atoms with Gasteiger partial charge in [-0.2, -0.15) is 13.2 Å². The molecule has 0 saturated heterocycles. The second-order valence-electron chi connectivity index (χ2n) is 7.19. The molecule has 0 aliphatic heterocycles. The molecule has 0 fully saturated rings. The Bertz CT molecular complexity index is 1180. The highest BCUT2D eigenvalue weighted by Crippen LogP contribution is 2.33. The Balaban J connectivity index is 1.95. The number of nitrogens with one attached hydrogen (secondary N) is 1. The zero-order valence-corrected chi connectivity index (χ0v) is 17.6. The van der Waals surface area contributed by atoms with Gasteiger partial charge in [-0.3, -0.25) is 4.98 Å². The van der Waals surface area contributed by atoms with Crippen molar-refractivity contribution in [2.45, 2.75) is 30.5 Å². The molecule has 9 heteroatoms. The van der Waals surface area contributed by atoms with Crippen molar-refractivity contribution in [1.29, 1.82) is 0 Å². The quantitative estimate of drug-likeness (QED) is 0.543. The summed E-state index contributed by atoms with van der Waals surface area (Å²) in [6.07, 6.45) is -1.54. The first-order valence-electron chi connectivity index (χ1n) is 8.82. The average Bonchev–Trinajstić information content (AvgIpc) is 2.67. The summed E-state index contributed by atoms with van der Waals surface area (Å²) in [5, 5.41) is 0.442. The monoisotopic (exact) mass is 454 g/mol. The molecule has 0 amide bonds. The normalized spacial score (nSPS) is 12.7. The van der Waals surface area contributed by atoms with Crippen LogP contribution in [-0.2, 0) is 21.7 Å². The van der Waals surface area contributed by atoms with E-state index in [4.69, 9.17) is 11.6 Å².